The third-order valence-electron chi connectivity index (χ3n) is 3.67. The first-order valence-electron chi connectivity index (χ1n) is 7.49. The van der Waals surface area contributed by atoms with Gasteiger partial charge in [-0.15, -0.1) is 34.0 Å². The molecule has 0 aliphatic rings. The highest BCUT2D eigenvalue weighted by molar-refractivity contribution is 7.26. The number of carbonyl (C=O) groups excluding carboxylic acids is 2. The maximum Gasteiger partial charge on any atom is 0.310 e. The van der Waals surface area contributed by atoms with Crippen molar-refractivity contribution in [2.45, 2.75) is 12.8 Å². The Morgan fingerprint density at radius 1 is 0.800 bits per heavy atom. The second-order valence-electron chi connectivity index (χ2n) is 5.22. The number of hydrogen-bond acceptors (Lipinski definition) is 7. The highest BCUT2D eigenvalue weighted by Gasteiger charge is 2.16. The van der Waals surface area contributed by atoms with Crippen LogP contribution >= 0.6 is 34.0 Å². The van der Waals surface area contributed by atoms with E-state index in [0.717, 1.165) is 30.6 Å². The highest BCUT2D eigenvalue weighted by atomic mass is 32.1. The average Bonchev–Trinajstić information content (AvgIpc) is 3.33. The summed E-state index contributed by atoms with van der Waals surface area (Å²) in [4.78, 5) is 27.6. The standard InChI is InChI=1S/C18H16O4S3/c1-21-15(19)9-11-5-7-23-17(11)13-3-4-14(25-13)18-12(6-8-24-18)10-16(20)22-2/h3-8H,9-10H2,1-2H3. The minimum atomic E-state index is -0.241. The van der Waals surface area contributed by atoms with Crippen molar-refractivity contribution in [3.8, 4) is 19.5 Å². The molecule has 3 heterocycles. The van der Waals surface area contributed by atoms with Crippen LogP contribution in [0.15, 0.2) is 35.0 Å². The SMILES string of the molecule is COC(=O)Cc1ccsc1-c1ccc(-c2sccc2CC(=O)OC)s1. The van der Waals surface area contributed by atoms with Crippen molar-refractivity contribution >= 4 is 45.9 Å². The zero-order valence-electron chi connectivity index (χ0n) is 13.7. The minimum absolute atomic E-state index is 0.241. The Labute approximate surface area is 157 Å². The number of thiophene rings is 3. The molecule has 0 amide bonds. The minimum Gasteiger partial charge on any atom is -0.469 e. The van der Waals surface area contributed by atoms with Crippen LogP contribution in [0.3, 0.4) is 0 Å². The summed E-state index contributed by atoms with van der Waals surface area (Å²) in [6, 6.07) is 8.05. The van der Waals surface area contributed by atoms with E-state index in [-0.39, 0.29) is 24.8 Å². The number of hydrogen-bond donors (Lipinski definition) is 0. The molecule has 0 fully saturated rings. The van der Waals surface area contributed by atoms with E-state index >= 15 is 0 Å². The Kier molecular flexibility index (Phi) is 5.67. The predicted molar refractivity (Wildman–Crippen MR) is 102 cm³/mol. The summed E-state index contributed by atoms with van der Waals surface area (Å²) in [5.41, 5.74) is 1.96. The molecule has 0 saturated heterocycles. The van der Waals surface area contributed by atoms with Gasteiger partial charge in [-0.1, -0.05) is 0 Å². The van der Waals surface area contributed by atoms with Gasteiger partial charge in [0.1, 0.15) is 0 Å². The summed E-state index contributed by atoms with van der Waals surface area (Å²) in [7, 11) is 2.80. The number of carbonyl (C=O) groups is 2. The van der Waals surface area contributed by atoms with Crippen LogP contribution in [0.5, 0.6) is 0 Å². The smallest absolute Gasteiger partial charge is 0.310 e. The normalized spacial score (nSPS) is 10.6. The van der Waals surface area contributed by atoms with E-state index in [4.69, 9.17) is 9.47 Å². The van der Waals surface area contributed by atoms with Crippen LogP contribution < -0.4 is 0 Å². The summed E-state index contributed by atoms with van der Waals surface area (Å²) in [6.07, 6.45) is 0.546. The van der Waals surface area contributed by atoms with Crippen molar-refractivity contribution in [1.82, 2.24) is 0 Å². The van der Waals surface area contributed by atoms with E-state index in [9.17, 15) is 9.59 Å². The van der Waals surface area contributed by atoms with E-state index in [1.807, 2.05) is 22.9 Å². The van der Waals surface area contributed by atoms with Crippen molar-refractivity contribution in [1.29, 1.82) is 0 Å². The molecule has 0 aliphatic heterocycles. The molecule has 130 valence electrons. The van der Waals surface area contributed by atoms with E-state index in [1.54, 1.807) is 34.0 Å². The molecule has 0 bridgehead atoms. The van der Waals surface area contributed by atoms with Crippen molar-refractivity contribution in [3.05, 3.63) is 46.2 Å². The molecule has 0 N–H and O–H groups in total. The molecule has 3 aromatic heterocycles. The van der Waals surface area contributed by atoms with Gasteiger partial charge in [-0.3, -0.25) is 9.59 Å². The molecule has 0 spiro atoms. The zero-order chi connectivity index (χ0) is 17.8. The Morgan fingerprint density at radius 3 is 1.64 bits per heavy atom. The monoisotopic (exact) mass is 392 g/mol. The second kappa shape index (κ2) is 7.95. The molecule has 0 saturated carbocycles. The first kappa shape index (κ1) is 17.8. The molecule has 7 heteroatoms. The third kappa shape index (κ3) is 4.00. The van der Waals surface area contributed by atoms with Gasteiger partial charge in [-0.25, -0.2) is 0 Å². The van der Waals surface area contributed by atoms with Gasteiger partial charge in [0.15, 0.2) is 0 Å². The summed E-state index contributed by atoms with van der Waals surface area (Å²) < 4.78 is 9.54. The third-order valence-corrected chi connectivity index (χ3v) is 7.03. The molecule has 4 nitrogen and oxygen atoms in total. The summed E-state index contributed by atoms with van der Waals surface area (Å²) in [5, 5.41) is 3.97. The molecule has 0 unspecified atom stereocenters. The maximum absolute atomic E-state index is 11.6. The number of esters is 2. The summed E-state index contributed by atoms with van der Waals surface area (Å²) in [5.74, 6) is -0.481. The molecular formula is C18H16O4S3. The van der Waals surface area contributed by atoms with Gasteiger partial charge in [0.2, 0.25) is 0 Å². The molecule has 0 atom stereocenters. The summed E-state index contributed by atoms with van der Waals surface area (Å²) in [6.45, 7) is 0. The van der Waals surface area contributed by atoms with Gasteiger partial charge < -0.3 is 9.47 Å². The first-order chi connectivity index (χ1) is 12.1. The summed E-state index contributed by atoms with van der Waals surface area (Å²) >= 11 is 4.89. The zero-order valence-corrected chi connectivity index (χ0v) is 16.2. The lowest BCUT2D eigenvalue weighted by Crippen LogP contribution is -2.04. The number of methoxy groups -OCH3 is 2. The van der Waals surface area contributed by atoms with Crippen molar-refractivity contribution in [3.63, 3.8) is 0 Å². The van der Waals surface area contributed by atoms with Gasteiger partial charge >= 0.3 is 11.9 Å². The van der Waals surface area contributed by atoms with Gasteiger partial charge in [-0.05, 0) is 46.2 Å². The largest absolute Gasteiger partial charge is 0.469 e. The van der Waals surface area contributed by atoms with Gasteiger partial charge in [0.05, 0.1) is 27.1 Å². The van der Waals surface area contributed by atoms with Gasteiger partial charge in [-0.2, -0.15) is 0 Å². The predicted octanol–water partition coefficient (Wildman–Crippen LogP) is 4.64. The molecule has 3 rings (SSSR count). The van der Waals surface area contributed by atoms with Crippen molar-refractivity contribution in [2.75, 3.05) is 14.2 Å². The van der Waals surface area contributed by atoms with Crippen LogP contribution in [-0.4, -0.2) is 26.2 Å². The highest BCUT2D eigenvalue weighted by Crippen LogP contribution is 2.41. The van der Waals surface area contributed by atoms with Crippen LogP contribution in [0.4, 0.5) is 0 Å². The van der Waals surface area contributed by atoms with Crippen molar-refractivity contribution < 1.29 is 19.1 Å². The topological polar surface area (TPSA) is 52.6 Å². The maximum atomic E-state index is 11.6. The second-order valence-corrected chi connectivity index (χ2v) is 8.14. The van der Waals surface area contributed by atoms with Crippen LogP contribution in [0.2, 0.25) is 0 Å². The van der Waals surface area contributed by atoms with E-state index in [2.05, 4.69) is 12.1 Å². The Hall–Kier alpha value is -1.96. The fourth-order valence-corrected chi connectivity index (χ4v) is 5.60. The first-order valence-corrected chi connectivity index (χ1v) is 10.1. The lowest BCUT2D eigenvalue weighted by atomic mass is 10.1. The van der Waals surface area contributed by atoms with Crippen LogP contribution in [0.1, 0.15) is 11.1 Å². The van der Waals surface area contributed by atoms with Crippen LogP contribution in [0, 0.1) is 0 Å². The lowest BCUT2D eigenvalue weighted by Gasteiger charge is -2.02. The molecule has 0 radical (unpaired) electrons. The Balaban J connectivity index is 1.87. The Morgan fingerprint density at radius 2 is 1.24 bits per heavy atom. The fraction of sp³-hybridized carbons (Fsp3) is 0.222. The fourth-order valence-electron chi connectivity index (χ4n) is 2.42. The lowest BCUT2D eigenvalue weighted by molar-refractivity contribution is -0.140. The molecule has 0 aromatic carbocycles. The van der Waals surface area contributed by atoms with Crippen LogP contribution in [-0.2, 0) is 31.9 Å². The molecular weight excluding hydrogens is 376 g/mol. The van der Waals surface area contributed by atoms with Gasteiger partial charge in [0, 0.05) is 19.5 Å². The molecule has 3 aromatic rings. The van der Waals surface area contributed by atoms with Gasteiger partial charge in [0.25, 0.3) is 0 Å². The van der Waals surface area contributed by atoms with Crippen LogP contribution in [0.25, 0.3) is 19.5 Å². The number of rotatable bonds is 6. The van der Waals surface area contributed by atoms with E-state index in [0.29, 0.717) is 0 Å². The molecule has 25 heavy (non-hydrogen) atoms. The van der Waals surface area contributed by atoms with E-state index in [1.165, 1.54) is 14.2 Å². The Bertz CT molecular complexity index is 817. The van der Waals surface area contributed by atoms with Crippen molar-refractivity contribution in [2.24, 2.45) is 0 Å². The van der Waals surface area contributed by atoms with E-state index < -0.39 is 0 Å². The number of ether oxygens (including phenoxy) is 2. The quantitative estimate of drug-likeness (QED) is 0.574. The molecule has 0 aliphatic carbocycles. The average molecular weight is 393 g/mol.